The first-order valence-electron chi connectivity index (χ1n) is 6.58. The number of ether oxygens (including phenoxy) is 1. The van der Waals surface area contributed by atoms with Crippen molar-refractivity contribution in [3.63, 3.8) is 0 Å². The van der Waals surface area contributed by atoms with Crippen LogP contribution in [0.2, 0.25) is 0 Å². The van der Waals surface area contributed by atoms with Crippen molar-refractivity contribution in [1.82, 2.24) is 0 Å². The highest BCUT2D eigenvalue weighted by Crippen LogP contribution is 2.27. The van der Waals surface area contributed by atoms with Gasteiger partial charge >= 0.3 is 0 Å². The number of para-hydroxylation sites is 1. The largest absolute Gasteiger partial charge is 0.489 e. The topological polar surface area (TPSA) is 55.4 Å². The van der Waals surface area contributed by atoms with Gasteiger partial charge in [0.05, 0.1) is 10.6 Å². The van der Waals surface area contributed by atoms with Crippen molar-refractivity contribution in [2.24, 2.45) is 0 Å². The summed E-state index contributed by atoms with van der Waals surface area (Å²) >= 11 is 0. The van der Waals surface area contributed by atoms with E-state index in [4.69, 9.17) is 4.74 Å². The summed E-state index contributed by atoms with van der Waals surface area (Å²) in [6.07, 6.45) is 3.72. The molecule has 0 bridgehead atoms. The molecule has 0 saturated carbocycles. The van der Waals surface area contributed by atoms with E-state index in [1.54, 1.807) is 30.3 Å². The summed E-state index contributed by atoms with van der Waals surface area (Å²) in [6, 6.07) is 12.1. The Morgan fingerprint density at radius 1 is 1.14 bits per heavy atom. The van der Waals surface area contributed by atoms with E-state index in [0.717, 1.165) is 11.1 Å². The molecule has 5 heteroatoms. The van der Waals surface area contributed by atoms with Crippen molar-refractivity contribution in [2.75, 3.05) is 11.3 Å². The summed E-state index contributed by atoms with van der Waals surface area (Å²) in [6.45, 7) is 2.38. The molecule has 21 heavy (non-hydrogen) atoms. The Labute approximate surface area is 124 Å². The maximum absolute atomic E-state index is 12.5. The quantitative estimate of drug-likeness (QED) is 0.947. The van der Waals surface area contributed by atoms with E-state index in [0.29, 0.717) is 18.0 Å². The lowest BCUT2D eigenvalue weighted by atomic mass is 10.1. The van der Waals surface area contributed by atoms with Gasteiger partial charge in [-0.2, -0.15) is 0 Å². The minimum Gasteiger partial charge on any atom is -0.489 e. The van der Waals surface area contributed by atoms with Gasteiger partial charge in [0.15, 0.2) is 0 Å². The Kier molecular flexibility index (Phi) is 3.43. The molecule has 2 aromatic carbocycles. The Morgan fingerprint density at radius 2 is 1.95 bits per heavy atom. The summed E-state index contributed by atoms with van der Waals surface area (Å²) in [5, 5.41) is 0. The molecule has 1 aliphatic heterocycles. The molecule has 1 heterocycles. The van der Waals surface area contributed by atoms with Crippen LogP contribution in [0.3, 0.4) is 0 Å². The number of hydrogen-bond acceptors (Lipinski definition) is 3. The van der Waals surface area contributed by atoms with E-state index in [1.807, 2.05) is 31.2 Å². The summed E-state index contributed by atoms with van der Waals surface area (Å²) in [4.78, 5) is 0.222. The summed E-state index contributed by atoms with van der Waals surface area (Å²) in [5.74, 6) is 0.701. The van der Waals surface area contributed by atoms with Gasteiger partial charge in [-0.25, -0.2) is 8.42 Å². The lowest BCUT2D eigenvalue weighted by Crippen LogP contribution is -2.14. The van der Waals surface area contributed by atoms with Crippen molar-refractivity contribution in [1.29, 1.82) is 0 Å². The van der Waals surface area contributed by atoms with Crippen LogP contribution in [0, 0.1) is 6.92 Å². The van der Waals surface area contributed by atoms with Crippen LogP contribution in [0.5, 0.6) is 5.75 Å². The van der Waals surface area contributed by atoms with E-state index >= 15 is 0 Å². The fraction of sp³-hybridized carbons (Fsp3) is 0.125. The van der Waals surface area contributed by atoms with Crippen molar-refractivity contribution < 1.29 is 13.2 Å². The average Bonchev–Trinajstić information content (AvgIpc) is 2.49. The zero-order valence-corrected chi connectivity index (χ0v) is 12.4. The minimum atomic E-state index is -3.61. The number of rotatable bonds is 3. The smallest absolute Gasteiger partial charge is 0.261 e. The molecule has 0 unspecified atom stereocenters. The second kappa shape index (κ2) is 5.26. The van der Waals surface area contributed by atoms with Crippen LogP contribution < -0.4 is 9.46 Å². The Bertz CT molecular complexity index is 810. The number of hydrogen-bond donors (Lipinski definition) is 1. The van der Waals surface area contributed by atoms with Gasteiger partial charge in [0.1, 0.15) is 12.4 Å². The van der Waals surface area contributed by atoms with Crippen LogP contribution in [-0.2, 0) is 10.0 Å². The van der Waals surface area contributed by atoms with Gasteiger partial charge in [0.2, 0.25) is 0 Å². The van der Waals surface area contributed by atoms with Gasteiger partial charge in [-0.3, -0.25) is 4.72 Å². The van der Waals surface area contributed by atoms with E-state index in [2.05, 4.69) is 4.72 Å². The molecule has 0 aliphatic carbocycles. The van der Waals surface area contributed by atoms with E-state index in [1.165, 1.54) is 0 Å². The van der Waals surface area contributed by atoms with E-state index in [9.17, 15) is 8.42 Å². The molecular weight excluding hydrogens is 286 g/mol. The SMILES string of the molecule is Cc1ccccc1NS(=O)(=O)c1ccc2c(c1)C=CCO2. The number of fused-ring (bicyclic) bond motifs is 1. The summed E-state index contributed by atoms with van der Waals surface area (Å²) in [7, 11) is -3.61. The first-order chi connectivity index (χ1) is 10.1. The Hall–Kier alpha value is -2.27. The fourth-order valence-corrected chi connectivity index (χ4v) is 3.33. The third kappa shape index (κ3) is 2.78. The van der Waals surface area contributed by atoms with Crippen LogP contribution in [-0.4, -0.2) is 15.0 Å². The second-order valence-electron chi connectivity index (χ2n) is 4.83. The summed E-state index contributed by atoms with van der Waals surface area (Å²) < 4.78 is 33.0. The average molecular weight is 301 g/mol. The van der Waals surface area contributed by atoms with E-state index < -0.39 is 10.0 Å². The number of anilines is 1. The molecule has 0 atom stereocenters. The molecule has 0 fully saturated rings. The lowest BCUT2D eigenvalue weighted by molar-refractivity contribution is 0.358. The molecule has 4 nitrogen and oxygen atoms in total. The van der Waals surface area contributed by atoms with E-state index in [-0.39, 0.29) is 4.90 Å². The molecule has 0 aromatic heterocycles. The second-order valence-corrected chi connectivity index (χ2v) is 6.52. The van der Waals surface area contributed by atoms with Crippen LogP contribution in [0.15, 0.2) is 53.4 Å². The molecule has 1 aliphatic rings. The maximum atomic E-state index is 12.5. The van der Waals surface area contributed by atoms with Gasteiger partial charge < -0.3 is 4.74 Å². The zero-order valence-electron chi connectivity index (χ0n) is 11.5. The number of benzene rings is 2. The molecule has 3 rings (SSSR count). The molecule has 0 saturated heterocycles. The van der Waals surface area contributed by atoms with Crippen molar-refractivity contribution in [2.45, 2.75) is 11.8 Å². The monoisotopic (exact) mass is 301 g/mol. The molecule has 2 aromatic rings. The first-order valence-corrected chi connectivity index (χ1v) is 8.06. The Morgan fingerprint density at radius 3 is 2.76 bits per heavy atom. The predicted octanol–water partition coefficient (Wildman–Crippen LogP) is 3.20. The van der Waals surface area contributed by atoms with Crippen LogP contribution >= 0.6 is 0 Å². The molecular formula is C16H15NO3S. The van der Waals surface area contributed by atoms with Gasteiger partial charge in [-0.15, -0.1) is 0 Å². The van der Waals surface area contributed by atoms with Crippen molar-refractivity contribution in [3.05, 3.63) is 59.7 Å². The standard InChI is InChI=1S/C16H15NO3S/c1-12-5-2-3-7-15(12)17-21(18,19)14-8-9-16-13(11-14)6-4-10-20-16/h2-9,11,17H,10H2,1H3. The summed E-state index contributed by atoms with van der Waals surface area (Å²) in [5.41, 5.74) is 2.23. The lowest BCUT2D eigenvalue weighted by Gasteiger charge is -2.15. The molecule has 108 valence electrons. The van der Waals surface area contributed by atoms with Crippen molar-refractivity contribution >= 4 is 21.8 Å². The molecule has 0 radical (unpaired) electrons. The normalized spacial score (nSPS) is 13.4. The highest BCUT2D eigenvalue weighted by Gasteiger charge is 2.17. The Balaban J connectivity index is 1.96. The molecule has 0 spiro atoms. The van der Waals surface area contributed by atoms with Gasteiger partial charge in [-0.05, 0) is 42.8 Å². The van der Waals surface area contributed by atoms with Gasteiger partial charge in [-0.1, -0.05) is 24.3 Å². The van der Waals surface area contributed by atoms with Crippen molar-refractivity contribution in [3.8, 4) is 5.75 Å². The van der Waals surface area contributed by atoms with Crippen LogP contribution in [0.4, 0.5) is 5.69 Å². The molecule has 0 amide bonds. The van der Waals surface area contributed by atoms with Gasteiger partial charge in [0.25, 0.3) is 10.0 Å². The first kappa shape index (κ1) is 13.7. The predicted molar refractivity (Wildman–Crippen MR) is 83.0 cm³/mol. The number of sulfonamides is 1. The highest BCUT2D eigenvalue weighted by atomic mass is 32.2. The third-order valence-corrected chi connectivity index (χ3v) is 4.68. The number of aryl methyl sites for hydroxylation is 1. The highest BCUT2D eigenvalue weighted by molar-refractivity contribution is 7.92. The number of nitrogens with one attached hydrogen (secondary N) is 1. The van der Waals surface area contributed by atoms with Gasteiger partial charge in [0, 0.05) is 5.56 Å². The fourth-order valence-electron chi connectivity index (χ4n) is 2.16. The third-order valence-electron chi connectivity index (χ3n) is 3.31. The zero-order chi connectivity index (χ0) is 14.9. The maximum Gasteiger partial charge on any atom is 0.261 e. The van der Waals surface area contributed by atoms with Crippen LogP contribution in [0.1, 0.15) is 11.1 Å². The molecule has 1 N–H and O–H groups in total. The minimum absolute atomic E-state index is 0.222. The van der Waals surface area contributed by atoms with Crippen LogP contribution in [0.25, 0.3) is 6.08 Å².